The molecule has 0 saturated carbocycles. The average molecular weight is 487 g/mol. The van der Waals surface area contributed by atoms with Crippen LogP contribution in [0, 0.1) is 20.8 Å². The Morgan fingerprint density at radius 1 is 1.18 bits per heavy atom. The fourth-order valence-corrected chi connectivity index (χ4v) is 4.00. The molecule has 0 fully saturated rings. The summed E-state index contributed by atoms with van der Waals surface area (Å²) in [4.78, 5) is 31.5. The molecule has 2 amide bonds. The van der Waals surface area contributed by atoms with Gasteiger partial charge in [-0.2, -0.15) is 5.10 Å². The van der Waals surface area contributed by atoms with Gasteiger partial charge in [-0.3, -0.25) is 14.3 Å². The van der Waals surface area contributed by atoms with Crippen molar-refractivity contribution in [3.63, 3.8) is 0 Å². The van der Waals surface area contributed by atoms with E-state index in [0.29, 0.717) is 34.7 Å². The summed E-state index contributed by atoms with van der Waals surface area (Å²) in [6.45, 7) is 6.83. The number of hydrogen-bond acceptors (Lipinski definition) is 8. The van der Waals surface area contributed by atoms with Crippen molar-refractivity contribution >= 4 is 39.8 Å². The first-order valence-electron chi connectivity index (χ1n) is 10.7. The summed E-state index contributed by atoms with van der Waals surface area (Å²) in [6, 6.07) is 3.78. The van der Waals surface area contributed by atoms with Crippen LogP contribution in [0.25, 0.3) is 0 Å². The van der Waals surface area contributed by atoms with Crippen molar-refractivity contribution in [2.75, 3.05) is 45.1 Å². The Bertz CT molecular complexity index is 1170. The van der Waals surface area contributed by atoms with E-state index in [1.54, 1.807) is 37.0 Å². The first-order chi connectivity index (χ1) is 16.2. The molecule has 0 radical (unpaired) electrons. The number of hydrogen-bond donors (Lipinski definition) is 2. The first kappa shape index (κ1) is 25.2. The van der Waals surface area contributed by atoms with Crippen molar-refractivity contribution in [1.82, 2.24) is 19.7 Å². The van der Waals surface area contributed by atoms with Crippen LogP contribution < -0.4 is 15.4 Å². The lowest BCUT2D eigenvalue weighted by Gasteiger charge is -2.16. The summed E-state index contributed by atoms with van der Waals surface area (Å²) < 4.78 is 11.9. The maximum absolute atomic E-state index is 12.8. The third-order valence-electron chi connectivity index (χ3n) is 5.34. The molecule has 10 nitrogen and oxygen atoms in total. The standard InChI is InChI=1S/C23H30N6O4S/c1-14-7-8-17(33-6)16(3)20(14)25-22(31)18-11-24-23(34-18)26-21-15(2)12-29(27-21)13-19(30)28(4)9-10-32-5/h7-8,11-12H,9-10,13H2,1-6H3,(H,25,31)(H,24,26,27). The summed E-state index contributed by atoms with van der Waals surface area (Å²) in [7, 11) is 4.93. The van der Waals surface area contributed by atoms with Crippen LogP contribution in [0.1, 0.15) is 26.4 Å². The summed E-state index contributed by atoms with van der Waals surface area (Å²) in [5, 5.41) is 11.1. The second-order valence-corrected chi connectivity index (χ2v) is 8.89. The summed E-state index contributed by atoms with van der Waals surface area (Å²) in [5.74, 6) is 0.967. The van der Waals surface area contributed by atoms with Crippen LogP contribution in [0.3, 0.4) is 0 Å². The normalized spacial score (nSPS) is 10.8. The molecule has 0 aliphatic carbocycles. The number of carbonyl (C=O) groups excluding carboxylic acids is 2. The lowest BCUT2D eigenvalue weighted by Crippen LogP contribution is -2.32. The van der Waals surface area contributed by atoms with Gasteiger partial charge in [-0.15, -0.1) is 0 Å². The molecule has 0 spiro atoms. The molecule has 0 aliphatic heterocycles. The molecule has 182 valence electrons. The van der Waals surface area contributed by atoms with E-state index in [4.69, 9.17) is 9.47 Å². The predicted molar refractivity (Wildman–Crippen MR) is 132 cm³/mol. The molecule has 0 aliphatic rings. The fourth-order valence-electron chi connectivity index (χ4n) is 3.29. The first-order valence-corrected chi connectivity index (χ1v) is 11.5. The summed E-state index contributed by atoms with van der Waals surface area (Å²) in [5.41, 5.74) is 3.39. The van der Waals surface area contributed by atoms with Crippen molar-refractivity contribution < 1.29 is 19.1 Å². The van der Waals surface area contributed by atoms with Crippen LogP contribution >= 0.6 is 11.3 Å². The van der Waals surface area contributed by atoms with Gasteiger partial charge in [-0.05, 0) is 32.4 Å². The number of nitrogens with zero attached hydrogens (tertiary/aromatic N) is 4. The molecular weight excluding hydrogens is 456 g/mol. The molecule has 0 unspecified atom stereocenters. The molecule has 1 aromatic carbocycles. The number of amides is 2. The van der Waals surface area contributed by atoms with Crippen molar-refractivity contribution in [1.29, 1.82) is 0 Å². The monoisotopic (exact) mass is 486 g/mol. The van der Waals surface area contributed by atoms with Crippen LogP contribution in [0.4, 0.5) is 16.6 Å². The van der Waals surface area contributed by atoms with E-state index >= 15 is 0 Å². The Labute approximate surface area is 202 Å². The van der Waals surface area contributed by atoms with Gasteiger partial charge in [-0.25, -0.2) is 4.98 Å². The Kier molecular flexibility index (Phi) is 8.24. The highest BCUT2D eigenvalue weighted by Crippen LogP contribution is 2.30. The van der Waals surface area contributed by atoms with Gasteiger partial charge >= 0.3 is 0 Å². The maximum atomic E-state index is 12.8. The van der Waals surface area contributed by atoms with Gasteiger partial charge in [0.25, 0.3) is 5.91 Å². The number of likely N-dealkylation sites (N-methyl/N-ethyl adjacent to an activating group) is 1. The zero-order valence-corrected chi connectivity index (χ0v) is 21.1. The predicted octanol–water partition coefficient (Wildman–Crippen LogP) is 3.37. The van der Waals surface area contributed by atoms with Gasteiger partial charge in [-0.1, -0.05) is 17.4 Å². The molecule has 0 atom stereocenters. The molecule has 34 heavy (non-hydrogen) atoms. The summed E-state index contributed by atoms with van der Waals surface area (Å²) >= 11 is 1.22. The maximum Gasteiger partial charge on any atom is 0.267 e. The topological polar surface area (TPSA) is 111 Å². The van der Waals surface area contributed by atoms with Crippen LogP contribution in [-0.4, -0.2) is 65.9 Å². The van der Waals surface area contributed by atoms with E-state index < -0.39 is 0 Å². The number of benzene rings is 1. The van der Waals surface area contributed by atoms with Crippen LogP contribution in [-0.2, 0) is 16.1 Å². The van der Waals surface area contributed by atoms with Gasteiger partial charge in [0.2, 0.25) is 5.91 Å². The van der Waals surface area contributed by atoms with Gasteiger partial charge in [0.05, 0.1) is 25.6 Å². The van der Waals surface area contributed by atoms with E-state index in [0.717, 1.165) is 22.4 Å². The highest BCUT2D eigenvalue weighted by molar-refractivity contribution is 7.17. The van der Waals surface area contributed by atoms with Gasteiger partial charge in [0, 0.05) is 38.0 Å². The highest BCUT2D eigenvalue weighted by atomic mass is 32.1. The molecule has 0 saturated heterocycles. The second kappa shape index (κ2) is 11.1. The molecule has 11 heteroatoms. The Morgan fingerprint density at radius 3 is 2.65 bits per heavy atom. The SMILES string of the molecule is COCCN(C)C(=O)Cn1cc(C)c(Nc2ncc(C(=O)Nc3c(C)ccc(OC)c3C)s2)n1. The number of anilines is 3. The van der Waals surface area contributed by atoms with E-state index in [1.807, 2.05) is 32.9 Å². The van der Waals surface area contributed by atoms with E-state index in [2.05, 4.69) is 20.7 Å². The Hall–Kier alpha value is -3.44. The number of rotatable bonds is 10. The van der Waals surface area contributed by atoms with Gasteiger partial charge in [0.1, 0.15) is 17.2 Å². The van der Waals surface area contributed by atoms with Crippen molar-refractivity contribution in [3.05, 3.63) is 46.1 Å². The number of thiazole rings is 1. The smallest absolute Gasteiger partial charge is 0.267 e. The lowest BCUT2D eigenvalue weighted by molar-refractivity contribution is -0.131. The quantitative estimate of drug-likeness (QED) is 0.452. The van der Waals surface area contributed by atoms with E-state index in [1.165, 1.54) is 17.5 Å². The van der Waals surface area contributed by atoms with Crippen molar-refractivity contribution in [2.24, 2.45) is 0 Å². The molecule has 2 N–H and O–H groups in total. The summed E-state index contributed by atoms with van der Waals surface area (Å²) in [6.07, 6.45) is 3.31. The molecule has 2 aromatic heterocycles. The molecule has 3 rings (SSSR count). The largest absolute Gasteiger partial charge is 0.496 e. The minimum absolute atomic E-state index is 0.0672. The van der Waals surface area contributed by atoms with E-state index in [9.17, 15) is 9.59 Å². The minimum atomic E-state index is -0.253. The number of aromatic nitrogens is 3. The van der Waals surface area contributed by atoms with Crippen molar-refractivity contribution in [2.45, 2.75) is 27.3 Å². The van der Waals surface area contributed by atoms with Crippen molar-refractivity contribution in [3.8, 4) is 5.75 Å². The average Bonchev–Trinajstić information content (AvgIpc) is 3.41. The number of methoxy groups -OCH3 is 2. The zero-order chi connectivity index (χ0) is 24.8. The number of nitrogens with one attached hydrogen (secondary N) is 2. The van der Waals surface area contributed by atoms with Crippen LogP contribution in [0.5, 0.6) is 5.75 Å². The highest BCUT2D eigenvalue weighted by Gasteiger charge is 2.17. The van der Waals surface area contributed by atoms with Crippen LogP contribution in [0.15, 0.2) is 24.5 Å². The minimum Gasteiger partial charge on any atom is -0.496 e. The van der Waals surface area contributed by atoms with Gasteiger partial charge in [0.15, 0.2) is 10.9 Å². The number of ether oxygens (including phenoxy) is 2. The Morgan fingerprint density at radius 2 is 1.94 bits per heavy atom. The number of aryl methyl sites for hydroxylation is 2. The molecule has 0 bridgehead atoms. The zero-order valence-electron chi connectivity index (χ0n) is 20.3. The second-order valence-electron chi connectivity index (χ2n) is 7.86. The molecular formula is C23H30N6O4S. The van der Waals surface area contributed by atoms with Crippen LogP contribution in [0.2, 0.25) is 0 Å². The Balaban J connectivity index is 1.66. The van der Waals surface area contributed by atoms with E-state index in [-0.39, 0.29) is 18.4 Å². The van der Waals surface area contributed by atoms with Gasteiger partial charge < -0.3 is 25.0 Å². The lowest BCUT2D eigenvalue weighted by atomic mass is 10.1. The fraction of sp³-hybridized carbons (Fsp3) is 0.391. The third kappa shape index (κ3) is 5.91. The molecule has 2 heterocycles. The molecule has 3 aromatic rings. The third-order valence-corrected chi connectivity index (χ3v) is 6.25. The number of carbonyl (C=O) groups is 2.